The molecule has 0 aliphatic carbocycles. The molecule has 1 aromatic rings. The Bertz CT molecular complexity index is 392. The smallest absolute Gasteiger partial charge is 0.352 e. The lowest BCUT2D eigenvalue weighted by Crippen LogP contribution is -2.24. The Balaban J connectivity index is 2.24. The highest BCUT2D eigenvalue weighted by Crippen LogP contribution is 2.21. The monoisotopic (exact) mass is 324 g/mol. The molecule has 1 amide bonds. The van der Waals surface area contributed by atoms with Gasteiger partial charge in [-0.05, 0) is 40.9 Å². The number of alkyl halides is 3. The van der Waals surface area contributed by atoms with E-state index in [2.05, 4.69) is 26.2 Å². The lowest BCUT2D eigenvalue weighted by Gasteiger charge is -2.07. The van der Waals surface area contributed by atoms with E-state index in [-0.39, 0.29) is 18.9 Å². The summed E-state index contributed by atoms with van der Waals surface area (Å²) in [6.45, 7) is 0.227. The minimum absolute atomic E-state index is 0.0162. The molecule has 0 radical (unpaired) electrons. The van der Waals surface area contributed by atoms with Gasteiger partial charge in [-0.1, -0.05) is 0 Å². The minimum Gasteiger partial charge on any atom is -0.352 e. The molecule has 0 saturated carbocycles. The van der Waals surface area contributed by atoms with Gasteiger partial charge in [-0.25, -0.2) is 4.98 Å². The summed E-state index contributed by atoms with van der Waals surface area (Å²) in [5.74, 6) is -0.331. The molecule has 0 fully saturated rings. The highest BCUT2D eigenvalue weighted by atomic mass is 79.9. The van der Waals surface area contributed by atoms with Gasteiger partial charge in [0.05, 0.1) is 5.56 Å². The molecule has 0 unspecified atom stereocenters. The largest absolute Gasteiger partial charge is 0.389 e. The lowest BCUT2D eigenvalue weighted by atomic mass is 10.2. The minimum atomic E-state index is -4.13. The second kappa shape index (κ2) is 6.72. The third-order valence-electron chi connectivity index (χ3n) is 2.16. The maximum Gasteiger partial charge on any atom is 0.389 e. The van der Waals surface area contributed by atoms with Crippen LogP contribution in [0.15, 0.2) is 22.9 Å². The van der Waals surface area contributed by atoms with E-state index in [9.17, 15) is 18.0 Å². The van der Waals surface area contributed by atoms with Gasteiger partial charge in [-0.15, -0.1) is 0 Å². The Labute approximate surface area is 111 Å². The number of carbonyl (C=O) groups excluding carboxylic acids is 1. The number of unbranched alkanes of at least 4 members (excludes halogenated alkanes) is 1. The van der Waals surface area contributed by atoms with Crippen molar-refractivity contribution in [3.8, 4) is 0 Å². The van der Waals surface area contributed by atoms with E-state index in [1.807, 2.05) is 0 Å². The molecule has 3 nitrogen and oxygen atoms in total. The first-order valence-electron chi connectivity index (χ1n) is 5.35. The first-order valence-corrected chi connectivity index (χ1v) is 6.14. The van der Waals surface area contributed by atoms with Gasteiger partial charge in [0.2, 0.25) is 0 Å². The summed E-state index contributed by atoms with van der Waals surface area (Å²) in [6.07, 6.45) is -3.23. The number of pyridine rings is 1. The SMILES string of the molecule is O=C(NCCCCC(F)(F)F)c1ccc(Br)nc1. The van der Waals surface area contributed by atoms with E-state index >= 15 is 0 Å². The molecular formula is C11H12BrF3N2O. The zero-order valence-corrected chi connectivity index (χ0v) is 11.0. The molecule has 0 aliphatic rings. The molecule has 1 rings (SSSR count). The van der Waals surface area contributed by atoms with Crippen molar-refractivity contribution in [2.75, 3.05) is 6.54 Å². The van der Waals surface area contributed by atoms with Crippen molar-refractivity contribution in [1.29, 1.82) is 0 Å². The molecule has 0 atom stereocenters. The van der Waals surface area contributed by atoms with E-state index in [1.165, 1.54) is 6.20 Å². The van der Waals surface area contributed by atoms with Gasteiger partial charge in [0.15, 0.2) is 0 Å². The summed E-state index contributed by atoms with van der Waals surface area (Å²) in [7, 11) is 0. The zero-order valence-electron chi connectivity index (χ0n) is 9.43. The van der Waals surface area contributed by atoms with Crippen molar-refractivity contribution in [3.05, 3.63) is 28.5 Å². The topological polar surface area (TPSA) is 42.0 Å². The fourth-order valence-electron chi connectivity index (χ4n) is 1.26. The second-order valence-corrected chi connectivity index (χ2v) is 4.51. The average molecular weight is 325 g/mol. The molecule has 100 valence electrons. The molecule has 0 aromatic carbocycles. The first kappa shape index (κ1) is 14.9. The normalized spacial score (nSPS) is 11.3. The Morgan fingerprint density at radius 2 is 2.06 bits per heavy atom. The van der Waals surface area contributed by atoms with Crippen LogP contribution in [0.25, 0.3) is 0 Å². The Morgan fingerprint density at radius 1 is 1.33 bits per heavy atom. The summed E-state index contributed by atoms with van der Waals surface area (Å²) >= 11 is 3.14. The van der Waals surface area contributed by atoms with Crippen molar-refractivity contribution >= 4 is 21.8 Å². The van der Waals surface area contributed by atoms with Crippen molar-refractivity contribution in [2.45, 2.75) is 25.4 Å². The molecule has 1 heterocycles. The number of rotatable bonds is 5. The van der Waals surface area contributed by atoms with Gasteiger partial charge in [0.25, 0.3) is 5.91 Å². The molecule has 0 aliphatic heterocycles. The maximum atomic E-state index is 11.8. The summed E-state index contributed by atoms with van der Waals surface area (Å²) in [6, 6.07) is 3.21. The van der Waals surface area contributed by atoms with Crippen molar-refractivity contribution in [1.82, 2.24) is 10.3 Å². The van der Waals surface area contributed by atoms with Crippen LogP contribution >= 0.6 is 15.9 Å². The predicted octanol–water partition coefficient (Wildman–Crippen LogP) is 3.31. The summed E-state index contributed by atoms with van der Waals surface area (Å²) in [4.78, 5) is 15.4. The van der Waals surface area contributed by atoms with Gasteiger partial charge in [0, 0.05) is 19.2 Å². The van der Waals surface area contributed by atoms with Gasteiger partial charge >= 0.3 is 6.18 Å². The lowest BCUT2D eigenvalue weighted by molar-refractivity contribution is -0.135. The fourth-order valence-corrected chi connectivity index (χ4v) is 1.50. The number of aromatic nitrogens is 1. The first-order chi connectivity index (χ1) is 8.38. The standard InChI is InChI=1S/C11H12BrF3N2O/c12-9-4-3-8(7-17-9)10(18)16-6-2-1-5-11(13,14)15/h3-4,7H,1-2,5-6H2,(H,16,18). The predicted molar refractivity (Wildman–Crippen MR) is 64.2 cm³/mol. The van der Waals surface area contributed by atoms with Crippen LogP contribution in [0.4, 0.5) is 13.2 Å². The van der Waals surface area contributed by atoms with E-state index in [0.29, 0.717) is 16.6 Å². The van der Waals surface area contributed by atoms with Crippen LogP contribution in [0, 0.1) is 0 Å². The number of carbonyl (C=O) groups is 1. The van der Waals surface area contributed by atoms with Crippen molar-refractivity contribution < 1.29 is 18.0 Å². The molecule has 0 saturated heterocycles. The fraction of sp³-hybridized carbons (Fsp3) is 0.455. The third-order valence-corrected chi connectivity index (χ3v) is 2.63. The number of nitrogens with one attached hydrogen (secondary N) is 1. The van der Waals surface area contributed by atoms with Gasteiger partial charge < -0.3 is 5.32 Å². The number of nitrogens with zero attached hydrogens (tertiary/aromatic N) is 1. The average Bonchev–Trinajstić information content (AvgIpc) is 2.27. The zero-order chi connectivity index (χ0) is 13.6. The molecule has 0 bridgehead atoms. The van der Waals surface area contributed by atoms with Crippen LogP contribution < -0.4 is 5.32 Å². The summed E-state index contributed by atoms with van der Waals surface area (Å²) in [5.41, 5.74) is 0.383. The maximum absolute atomic E-state index is 11.8. The van der Waals surface area contributed by atoms with E-state index in [0.717, 1.165) is 0 Å². The van der Waals surface area contributed by atoms with Gasteiger partial charge in [-0.3, -0.25) is 4.79 Å². The molecule has 18 heavy (non-hydrogen) atoms. The van der Waals surface area contributed by atoms with Crippen molar-refractivity contribution in [2.24, 2.45) is 0 Å². The summed E-state index contributed by atoms with van der Waals surface area (Å²) < 4.78 is 36.1. The highest BCUT2D eigenvalue weighted by molar-refractivity contribution is 9.10. The van der Waals surface area contributed by atoms with Crippen LogP contribution in [-0.4, -0.2) is 23.6 Å². The quantitative estimate of drug-likeness (QED) is 0.667. The van der Waals surface area contributed by atoms with Gasteiger partial charge in [-0.2, -0.15) is 13.2 Å². The van der Waals surface area contributed by atoms with Crippen LogP contribution in [-0.2, 0) is 0 Å². The number of halogens is 4. The van der Waals surface area contributed by atoms with Crippen LogP contribution in [0.1, 0.15) is 29.6 Å². The number of hydrogen-bond donors (Lipinski definition) is 1. The van der Waals surface area contributed by atoms with Crippen LogP contribution in [0.3, 0.4) is 0 Å². The molecular weight excluding hydrogens is 313 g/mol. The van der Waals surface area contributed by atoms with Crippen LogP contribution in [0.5, 0.6) is 0 Å². The molecule has 1 aromatic heterocycles. The Kier molecular flexibility index (Phi) is 5.58. The molecule has 0 spiro atoms. The van der Waals surface area contributed by atoms with E-state index in [1.54, 1.807) is 12.1 Å². The van der Waals surface area contributed by atoms with Crippen molar-refractivity contribution in [3.63, 3.8) is 0 Å². The number of hydrogen-bond acceptors (Lipinski definition) is 2. The second-order valence-electron chi connectivity index (χ2n) is 3.70. The molecule has 1 N–H and O–H groups in total. The highest BCUT2D eigenvalue weighted by Gasteiger charge is 2.25. The van der Waals surface area contributed by atoms with Crippen LogP contribution in [0.2, 0.25) is 0 Å². The van der Waals surface area contributed by atoms with E-state index in [4.69, 9.17) is 0 Å². The summed E-state index contributed by atoms with van der Waals surface area (Å²) in [5, 5.41) is 2.54. The molecule has 7 heteroatoms. The third kappa shape index (κ3) is 6.00. The Morgan fingerprint density at radius 3 is 2.61 bits per heavy atom. The number of amides is 1. The van der Waals surface area contributed by atoms with Gasteiger partial charge in [0.1, 0.15) is 4.60 Å². The van der Waals surface area contributed by atoms with E-state index < -0.39 is 12.6 Å². The Hall–Kier alpha value is -1.11.